The van der Waals surface area contributed by atoms with Crippen LogP contribution in [0.25, 0.3) is 0 Å². The molecule has 21 heavy (non-hydrogen) atoms. The molecule has 110 valence electrons. The Balaban J connectivity index is 2.01. The van der Waals surface area contributed by atoms with Crippen molar-refractivity contribution in [2.24, 2.45) is 11.7 Å². The molecule has 1 amide bonds. The Morgan fingerprint density at radius 2 is 1.95 bits per heavy atom. The monoisotopic (exact) mass is 285 g/mol. The Labute approximate surface area is 124 Å². The summed E-state index contributed by atoms with van der Waals surface area (Å²) in [4.78, 5) is 16.3. The van der Waals surface area contributed by atoms with Crippen LogP contribution in [-0.2, 0) is 4.79 Å². The summed E-state index contributed by atoms with van der Waals surface area (Å²) in [5, 5.41) is 2.81. The molecule has 1 aromatic carbocycles. The maximum atomic E-state index is 12.2. The van der Waals surface area contributed by atoms with Crippen molar-refractivity contribution in [1.82, 2.24) is 4.98 Å². The summed E-state index contributed by atoms with van der Waals surface area (Å²) in [6.07, 6.45) is 1.55. The van der Waals surface area contributed by atoms with E-state index >= 15 is 0 Å². The number of hydrogen-bond donors (Lipinski definition) is 2. The summed E-state index contributed by atoms with van der Waals surface area (Å²) in [5.41, 5.74) is 7.70. The molecule has 0 spiro atoms. The highest BCUT2D eigenvalue weighted by atomic mass is 16.5. The van der Waals surface area contributed by atoms with E-state index in [0.717, 1.165) is 5.56 Å². The zero-order chi connectivity index (χ0) is 15.2. The van der Waals surface area contributed by atoms with Gasteiger partial charge in [0.1, 0.15) is 0 Å². The van der Waals surface area contributed by atoms with Crippen LogP contribution in [0.2, 0.25) is 0 Å². The van der Waals surface area contributed by atoms with Crippen molar-refractivity contribution in [3.8, 4) is 5.88 Å². The van der Waals surface area contributed by atoms with Crippen LogP contribution in [0.5, 0.6) is 5.88 Å². The summed E-state index contributed by atoms with van der Waals surface area (Å²) in [6, 6.07) is 12.7. The average molecular weight is 285 g/mol. The van der Waals surface area contributed by atoms with Crippen molar-refractivity contribution in [1.29, 1.82) is 0 Å². The minimum Gasteiger partial charge on any atom is -0.481 e. The van der Waals surface area contributed by atoms with Gasteiger partial charge in [0.25, 0.3) is 0 Å². The number of carbonyl (C=O) groups excluding carboxylic acids is 1. The molecule has 5 nitrogen and oxygen atoms in total. The number of nitrogens with two attached hydrogens (primary N) is 1. The molecule has 0 radical (unpaired) electrons. The maximum absolute atomic E-state index is 12.2. The van der Waals surface area contributed by atoms with Gasteiger partial charge < -0.3 is 15.8 Å². The molecule has 2 unspecified atom stereocenters. The van der Waals surface area contributed by atoms with Gasteiger partial charge in [-0.2, -0.15) is 0 Å². The third kappa shape index (κ3) is 3.79. The fourth-order valence-electron chi connectivity index (χ4n) is 1.96. The van der Waals surface area contributed by atoms with Crippen molar-refractivity contribution in [3.05, 3.63) is 54.2 Å². The third-order valence-corrected chi connectivity index (χ3v) is 3.35. The standard InChI is InChI=1S/C16H19N3O2/c1-11(15(17)12-6-4-3-5-7-12)16(20)19-13-8-9-14(21-2)18-10-13/h3-11,15H,17H2,1-2H3,(H,19,20). The lowest BCUT2D eigenvalue weighted by molar-refractivity contribution is -0.120. The molecule has 0 saturated heterocycles. The number of benzene rings is 1. The van der Waals surface area contributed by atoms with Crippen LogP contribution in [0, 0.1) is 5.92 Å². The van der Waals surface area contributed by atoms with Crippen LogP contribution >= 0.6 is 0 Å². The first-order valence-corrected chi connectivity index (χ1v) is 6.73. The number of methoxy groups -OCH3 is 1. The first-order chi connectivity index (χ1) is 10.1. The van der Waals surface area contributed by atoms with Crippen LogP contribution in [-0.4, -0.2) is 18.0 Å². The van der Waals surface area contributed by atoms with Gasteiger partial charge in [0.05, 0.1) is 24.9 Å². The molecule has 0 saturated carbocycles. The lowest BCUT2D eigenvalue weighted by Gasteiger charge is -2.19. The van der Waals surface area contributed by atoms with Gasteiger partial charge in [-0.25, -0.2) is 4.98 Å². The van der Waals surface area contributed by atoms with Gasteiger partial charge in [0.2, 0.25) is 11.8 Å². The van der Waals surface area contributed by atoms with Crippen LogP contribution in [0.1, 0.15) is 18.5 Å². The van der Waals surface area contributed by atoms with Crippen molar-refractivity contribution in [2.75, 3.05) is 12.4 Å². The molecule has 2 aromatic rings. The third-order valence-electron chi connectivity index (χ3n) is 3.35. The molecule has 2 rings (SSSR count). The number of nitrogens with one attached hydrogen (secondary N) is 1. The van der Waals surface area contributed by atoms with E-state index in [0.29, 0.717) is 11.6 Å². The number of rotatable bonds is 5. The Morgan fingerprint density at radius 1 is 1.24 bits per heavy atom. The summed E-state index contributed by atoms with van der Waals surface area (Å²) in [7, 11) is 1.54. The summed E-state index contributed by atoms with van der Waals surface area (Å²) < 4.78 is 4.97. The van der Waals surface area contributed by atoms with Gasteiger partial charge in [-0.05, 0) is 11.6 Å². The number of ether oxygens (including phenoxy) is 1. The van der Waals surface area contributed by atoms with E-state index < -0.39 is 0 Å². The highest BCUT2D eigenvalue weighted by Gasteiger charge is 2.22. The Morgan fingerprint density at radius 3 is 2.52 bits per heavy atom. The van der Waals surface area contributed by atoms with Crippen molar-refractivity contribution in [2.45, 2.75) is 13.0 Å². The number of hydrogen-bond acceptors (Lipinski definition) is 4. The molecule has 0 aliphatic rings. The number of carbonyl (C=O) groups is 1. The van der Waals surface area contributed by atoms with Crippen molar-refractivity contribution >= 4 is 11.6 Å². The second-order valence-electron chi connectivity index (χ2n) is 4.80. The van der Waals surface area contributed by atoms with E-state index in [4.69, 9.17) is 10.5 Å². The first kappa shape index (κ1) is 15.0. The van der Waals surface area contributed by atoms with E-state index in [-0.39, 0.29) is 17.9 Å². The largest absolute Gasteiger partial charge is 0.481 e. The summed E-state index contributed by atoms with van der Waals surface area (Å²) in [5.74, 6) is 0.00913. The van der Waals surface area contributed by atoms with Gasteiger partial charge in [-0.1, -0.05) is 37.3 Å². The fourth-order valence-corrected chi connectivity index (χ4v) is 1.96. The number of pyridine rings is 1. The number of aromatic nitrogens is 1. The van der Waals surface area contributed by atoms with Crippen LogP contribution in [0.15, 0.2) is 48.7 Å². The molecule has 3 N–H and O–H groups in total. The summed E-state index contributed by atoms with van der Waals surface area (Å²) >= 11 is 0. The Hall–Kier alpha value is -2.40. The molecule has 1 aromatic heterocycles. The van der Waals surface area contributed by atoms with Crippen LogP contribution in [0.3, 0.4) is 0 Å². The lowest BCUT2D eigenvalue weighted by Crippen LogP contribution is -2.30. The molecule has 0 aliphatic heterocycles. The van der Waals surface area contributed by atoms with Crippen LogP contribution < -0.4 is 15.8 Å². The van der Waals surface area contributed by atoms with Crippen molar-refractivity contribution in [3.63, 3.8) is 0 Å². The SMILES string of the molecule is COc1ccc(NC(=O)C(C)C(N)c2ccccc2)cn1. The van der Waals surface area contributed by atoms with Crippen molar-refractivity contribution < 1.29 is 9.53 Å². The second kappa shape index (κ2) is 6.85. The highest BCUT2D eigenvalue weighted by molar-refractivity contribution is 5.92. The molecular formula is C16H19N3O2. The van der Waals surface area contributed by atoms with Gasteiger partial charge in [-0.3, -0.25) is 4.79 Å². The van der Waals surface area contributed by atoms with E-state index in [1.807, 2.05) is 37.3 Å². The van der Waals surface area contributed by atoms with Gasteiger partial charge >= 0.3 is 0 Å². The van der Waals surface area contributed by atoms with Crippen LogP contribution in [0.4, 0.5) is 5.69 Å². The number of amides is 1. The molecular weight excluding hydrogens is 266 g/mol. The lowest BCUT2D eigenvalue weighted by atomic mass is 9.94. The zero-order valence-corrected chi connectivity index (χ0v) is 12.1. The van der Waals surface area contributed by atoms with Gasteiger partial charge in [-0.15, -0.1) is 0 Å². The second-order valence-corrected chi connectivity index (χ2v) is 4.80. The fraction of sp³-hybridized carbons (Fsp3) is 0.250. The average Bonchev–Trinajstić information content (AvgIpc) is 2.55. The van der Waals surface area contributed by atoms with Gasteiger partial charge in [0.15, 0.2) is 0 Å². The predicted molar refractivity (Wildman–Crippen MR) is 82.0 cm³/mol. The number of anilines is 1. The minimum atomic E-state index is -0.352. The zero-order valence-electron chi connectivity index (χ0n) is 12.1. The minimum absolute atomic E-state index is 0.140. The normalized spacial score (nSPS) is 13.3. The van der Waals surface area contributed by atoms with E-state index in [2.05, 4.69) is 10.3 Å². The number of nitrogens with zero attached hydrogens (tertiary/aromatic N) is 1. The topological polar surface area (TPSA) is 77.2 Å². The first-order valence-electron chi connectivity index (χ1n) is 6.73. The molecule has 2 atom stereocenters. The molecule has 0 bridgehead atoms. The molecule has 5 heteroatoms. The predicted octanol–water partition coefficient (Wildman–Crippen LogP) is 2.36. The van der Waals surface area contributed by atoms with E-state index in [9.17, 15) is 4.79 Å². The Kier molecular flexibility index (Phi) is 4.90. The molecule has 1 heterocycles. The quantitative estimate of drug-likeness (QED) is 0.884. The molecule has 0 fully saturated rings. The van der Waals surface area contributed by atoms with Gasteiger partial charge in [0, 0.05) is 12.1 Å². The highest BCUT2D eigenvalue weighted by Crippen LogP contribution is 2.21. The Bertz CT molecular complexity index is 584. The van der Waals surface area contributed by atoms with E-state index in [1.54, 1.807) is 25.4 Å². The molecule has 0 aliphatic carbocycles. The van der Waals surface area contributed by atoms with E-state index in [1.165, 1.54) is 0 Å². The summed E-state index contributed by atoms with van der Waals surface area (Å²) in [6.45, 7) is 1.81. The maximum Gasteiger partial charge on any atom is 0.229 e. The smallest absolute Gasteiger partial charge is 0.229 e.